The van der Waals surface area contributed by atoms with Crippen LogP contribution in [-0.2, 0) is 5.41 Å². The highest BCUT2D eigenvalue weighted by Gasteiger charge is 2.29. The van der Waals surface area contributed by atoms with Crippen LogP contribution in [0.3, 0.4) is 0 Å². The minimum absolute atomic E-state index is 0.0829. The van der Waals surface area contributed by atoms with Crippen LogP contribution in [0.25, 0.3) is 0 Å². The SMILES string of the molecule is CC(C)(C)c1nnc(C(=O)[C@H]2CCCN2)o1. The molecule has 1 N–H and O–H groups in total. The van der Waals surface area contributed by atoms with Crippen molar-refractivity contribution in [3.05, 3.63) is 11.8 Å². The van der Waals surface area contributed by atoms with E-state index in [1.807, 2.05) is 20.8 Å². The van der Waals surface area contributed by atoms with Crippen molar-refractivity contribution in [3.63, 3.8) is 0 Å². The van der Waals surface area contributed by atoms with Crippen LogP contribution in [-0.4, -0.2) is 28.6 Å². The van der Waals surface area contributed by atoms with Gasteiger partial charge in [-0.2, -0.15) is 0 Å². The van der Waals surface area contributed by atoms with Gasteiger partial charge >= 0.3 is 0 Å². The zero-order valence-corrected chi connectivity index (χ0v) is 9.91. The lowest BCUT2D eigenvalue weighted by molar-refractivity contribution is 0.0914. The summed E-state index contributed by atoms with van der Waals surface area (Å²) in [6.45, 7) is 6.81. The molecule has 1 aliphatic heterocycles. The minimum Gasteiger partial charge on any atom is -0.418 e. The van der Waals surface area contributed by atoms with Crippen molar-refractivity contribution >= 4 is 5.78 Å². The monoisotopic (exact) mass is 223 g/mol. The van der Waals surface area contributed by atoms with Gasteiger partial charge in [-0.1, -0.05) is 20.8 Å². The smallest absolute Gasteiger partial charge is 0.285 e. The molecule has 0 spiro atoms. The van der Waals surface area contributed by atoms with Gasteiger partial charge in [0.05, 0.1) is 6.04 Å². The van der Waals surface area contributed by atoms with Crippen LogP contribution in [0.1, 0.15) is 50.2 Å². The van der Waals surface area contributed by atoms with Crippen molar-refractivity contribution < 1.29 is 9.21 Å². The molecular weight excluding hydrogens is 206 g/mol. The number of carbonyl (C=O) groups is 1. The van der Waals surface area contributed by atoms with E-state index in [2.05, 4.69) is 15.5 Å². The van der Waals surface area contributed by atoms with Gasteiger partial charge in [0.25, 0.3) is 5.89 Å². The van der Waals surface area contributed by atoms with Gasteiger partial charge in [-0.15, -0.1) is 10.2 Å². The first-order valence-corrected chi connectivity index (χ1v) is 5.60. The maximum atomic E-state index is 11.9. The number of hydrogen-bond donors (Lipinski definition) is 1. The van der Waals surface area contributed by atoms with Crippen LogP contribution in [0.15, 0.2) is 4.42 Å². The second-order valence-corrected chi connectivity index (χ2v) is 5.18. The second kappa shape index (κ2) is 3.97. The van der Waals surface area contributed by atoms with Gasteiger partial charge in [0.2, 0.25) is 11.7 Å². The molecule has 0 radical (unpaired) electrons. The van der Waals surface area contributed by atoms with Crippen molar-refractivity contribution in [3.8, 4) is 0 Å². The number of nitrogens with zero attached hydrogens (tertiary/aromatic N) is 2. The fourth-order valence-electron chi connectivity index (χ4n) is 1.68. The predicted molar refractivity (Wildman–Crippen MR) is 58.4 cm³/mol. The van der Waals surface area contributed by atoms with E-state index >= 15 is 0 Å². The second-order valence-electron chi connectivity index (χ2n) is 5.18. The number of rotatable bonds is 2. The number of aromatic nitrogens is 2. The largest absolute Gasteiger partial charge is 0.418 e. The highest BCUT2D eigenvalue weighted by molar-refractivity contribution is 5.96. The Bertz CT molecular complexity index is 386. The molecule has 0 bridgehead atoms. The Labute approximate surface area is 94.6 Å². The highest BCUT2D eigenvalue weighted by atomic mass is 16.4. The van der Waals surface area contributed by atoms with Gasteiger partial charge in [-0.05, 0) is 19.4 Å². The van der Waals surface area contributed by atoms with E-state index in [-0.39, 0.29) is 23.1 Å². The first-order chi connectivity index (χ1) is 7.48. The quantitative estimate of drug-likeness (QED) is 0.765. The standard InChI is InChI=1S/C11H17N3O2/c1-11(2,3)10-14-13-9(16-10)8(15)7-5-4-6-12-7/h7,12H,4-6H2,1-3H3/t7-/m1/s1. The maximum Gasteiger partial charge on any atom is 0.285 e. The summed E-state index contributed by atoms with van der Waals surface area (Å²) in [5, 5.41) is 10.9. The summed E-state index contributed by atoms with van der Waals surface area (Å²) < 4.78 is 5.41. The Morgan fingerprint density at radius 2 is 2.19 bits per heavy atom. The van der Waals surface area contributed by atoms with Gasteiger partial charge in [0.1, 0.15) is 0 Å². The number of Topliss-reactive ketones (excluding diaryl/α,β-unsaturated/α-hetero) is 1. The molecule has 88 valence electrons. The summed E-state index contributed by atoms with van der Waals surface area (Å²) >= 11 is 0. The third-order valence-electron chi connectivity index (χ3n) is 2.65. The zero-order chi connectivity index (χ0) is 11.8. The van der Waals surface area contributed by atoms with Crippen LogP contribution in [0.5, 0.6) is 0 Å². The van der Waals surface area contributed by atoms with Crippen molar-refractivity contribution in [2.45, 2.75) is 45.1 Å². The third-order valence-corrected chi connectivity index (χ3v) is 2.65. The molecule has 5 nitrogen and oxygen atoms in total. The number of nitrogens with one attached hydrogen (secondary N) is 1. The number of hydrogen-bond acceptors (Lipinski definition) is 5. The van der Waals surface area contributed by atoms with Gasteiger partial charge in [-0.25, -0.2) is 0 Å². The van der Waals surface area contributed by atoms with E-state index in [4.69, 9.17) is 4.42 Å². The summed E-state index contributed by atoms with van der Waals surface area (Å²) in [5.41, 5.74) is -0.214. The molecule has 2 heterocycles. The molecule has 1 atom stereocenters. The van der Waals surface area contributed by atoms with Gasteiger partial charge in [-0.3, -0.25) is 4.79 Å². The van der Waals surface area contributed by atoms with Crippen LogP contribution >= 0.6 is 0 Å². The van der Waals surface area contributed by atoms with E-state index in [1.165, 1.54) is 0 Å². The molecule has 1 aromatic heterocycles. The van der Waals surface area contributed by atoms with Gasteiger partial charge in [0, 0.05) is 5.41 Å². The van der Waals surface area contributed by atoms with Crippen LogP contribution < -0.4 is 5.32 Å². The fraction of sp³-hybridized carbons (Fsp3) is 0.727. The molecule has 1 saturated heterocycles. The van der Waals surface area contributed by atoms with Gasteiger partial charge < -0.3 is 9.73 Å². The minimum atomic E-state index is -0.214. The summed E-state index contributed by atoms with van der Waals surface area (Å²) in [4.78, 5) is 11.9. The topological polar surface area (TPSA) is 68.0 Å². The molecule has 0 aliphatic carbocycles. The zero-order valence-electron chi connectivity index (χ0n) is 9.91. The summed E-state index contributed by atoms with van der Waals surface area (Å²) in [7, 11) is 0. The Hall–Kier alpha value is -1.23. The molecule has 0 unspecified atom stereocenters. The summed E-state index contributed by atoms with van der Waals surface area (Å²) in [5.74, 6) is 0.554. The Morgan fingerprint density at radius 1 is 1.44 bits per heavy atom. The van der Waals surface area contributed by atoms with Crippen LogP contribution in [0.2, 0.25) is 0 Å². The molecular formula is C11H17N3O2. The predicted octanol–water partition coefficient (Wildman–Crippen LogP) is 1.30. The lowest BCUT2D eigenvalue weighted by Crippen LogP contribution is -2.30. The summed E-state index contributed by atoms with van der Waals surface area (Å²) in [6.07, 6.45) is 1.88. The van der Waals surface area contributed by atoms with Crippen molar-refractivity contribution in [2.24, 2.45) is 0 Å². The van der Waals surface area contributed by atoms with Crippen molar-refractivity contribution in [2.75, 3.05) is 6.54 Å². The average Bonchev–Trinajstić information content (AvgIpc) is 2.87. The van der Waals surface area contributed by atoms with E-state index in [0.29, 0.717) is 5.89 Å². The molecule has 0 aromatic carbocycles. The fourth-order valence-corrected chi connectivity index (χ4v) is 1.68. The highest BCUT2D eigenvalue weighted by Crippen LogP contribution is 2.21. The average molecular weight is 223 g/mol. The Kier molecular flexibility index (Phi) is 2.80. The molecule has 0 saturated carbocycles. The van der Waals surface area contributed by atoms with Crippen LogP contribution in [0, 0.1) is 0 Å². The van der Waals surface area contributed by atoms with E-state index < -0.39 is 0 Å². The Morgan fingerprint density at radius 3 is 2.69 bits per heavy atom. The first kappa shape index (κ1) is 11.3. The van der Waals surface area contributed by atoms with E-state index in [1.54, 1.807) is 0 Å². The normalized spacial score (nSPS) is 21.3. The number of carbonyl (C=O) groups excluding carboxylic acids is 1. The van der Waals surface area contributed by atoms with E-state index in [9.17, 15) is 4.79 Å². The molecule has 0 amide bonds. The Balaban J connectivity index is 2.15. The van der Waals surface area contributed by atoms with E-state index in [0.717, 1.165) is 19.4 Å². The molecule has 1 aliphatic rings. The molecule has 1 fully saturated rings. The molecule has 5 heteroatoms. The third kappa shape index (κ3) is 2.14. The molecule has 2 rings (SSSR count). The van der Waals surface area contributed by atoms with Crippen LogP contribution in [0.4, 0.5) is 0 Å². The molecule has 1 aromatic rings. The molecule has 16 heavy (non-hydrogen) atoms. The lowest BCUT2D eigenvalue weighted by atomic mass is 9.97. The van der Waals surface area contributed by atoms with Crippen molar-refractivity contribution in [1.29, 1.82) is 0 Å². The summed E-state index contributed by atoms with van der Waals surface area (Å²) in [6, 6.07) is -0.145. The number of ketones is 1. The van der Waals surface area contributed by atoms with Gasteiger partial charge in [0.15, 0.2) is 0 Å². The lowest BCUT2D eigenvalue weighted by Gasteiger charge is -2.11. The van der Waals surface area contributed by atoms with Crippen molar-refractivity contribution in [1.82, 2.24) is 15.5 Å². The first-order valence-electron chi connectivity index (χ1n) is 5.60. The maximum absolute atomic E-state index is 11.9.